The molecule has 1 heterocycles. The van der Waals surface area contributed by atoms with Gasteiger partial charge >= 0.3 is 0 Å². The van der Waals surface area contributed by atoms with Crippen LogP contribution in [0, 0.1) is 17.8 Å². The molecule has 1 N–H and O–H groups in total. The van der Waals surface area contributed by atoms with Crippen LogP contribution in [0.1, 0.15) is 63.6 Å². The SMILES string of the molecule is CC(=O)N[C@H]1[C@H](O[C@@H]2C[C@H](C)C[C@@H](C(C)C)C2)O[C@H](COCc2ccccc2)[C@@H](OCc2ccccc2)[C@@H]1OCc1ccccc1. The third-order valence-electron chi connectivity index (χ3n) is 9.19. The molecule has 2 fully saturated rings. The number of rotatable bonds is 14. The lowest BCUT2D eigenvalue weighted by Gasteiger charge is -2.48. The number of hydrogen-bond donors (Lipinski definition) is 1. The van der Waals surface area contributed by atoms with Gasteiger partial charge in [0.05, 0.1) is 32.5 Å². The molecule has 8 atom stereocenters. The summed E-state index contributed by atoms with van der Waals surface area (Å²) >= 11 is 0. The average Bonchev–Trinajstić information content (AvgIpc) is 3.05. The fraction of sp³-hybridized carbons (Fsp3) is 0.513. The summed E-state index contributed by atoms with van der Waals surface area (Å²) in [4.78, 5) is 12.7. The molecule has 3 aromatic carbocycles. The topological polar surface area (TPSA) is 75.3 Å². The largest absolute Gasteiger partial charge is 0.374 e. The van der Waals surface area contributed by atoms with Gasteiger partial charge in [-0.15, -0.1) is 0 Å². The number of nitrogens with one attached hydrogen (secondary N) is 1. The molecule has 248 valence electrons. The van der Waals surface area contributed by atoms with Gasteiger partial charge in [-0.3, -0.25) is 4.79 Å². The Balaban J connectivity index is 1.43. The van der Waals surface area contributed by atoms with Crippen molar-refractivity contribution in [2.24, 2.45) is 17.8 Å². The molecule has 1 amide bonds. The van der Waals surface area contributed by atoms with Gasteiger partial charge in [0.15, 0.2) is 6.29 Å². The van der Waals surface area contributed by atoms with E-state index in [0.717, 1.165) is 29.5 Å². The van der Waals surface area contributed by atoms with Crippen LogP contribution in [-0.4, -0.2) is 49.3 Å². The third-order valence-corrected chi connectivity index (χ3v) is 9.19. The Hall–Kier alpha value is -3.07. The number of hydrogen-bond acceptors (Lipinski definition) is 6. The van der Waals surface area contributed by atoms with Gasteiger partial charge in [0.25, 0.3) is 0 Å². The van der Waals surface area contributed by atoms with E-state index >= 15 is 0 Å². The van der Waals surface area contributed by atoms with E-state index in [-0.39, 0.29) is 18.6 Å². The monoisotopic (exact) mass is 629 g/mol. The molecule has 2 aliphatic rings. The van der Waals surface area contributed by atoms with Crippen LogP contribution in [0.4, 0.5) is 0 Å². The molecule has 1 aliphatic carbocycles. The molecule has 1 aliphatic heterocycles. The third kappa shape index (κ3) is 9.96. The van der Waals surface area contributed by atoms with Crippen molar-refractivity contribution < 1.29 is 28.5 Å². The summed E-state index contributed by atoms with van der Waals surface area (Å²) in [5.41, 5.74) is 3.16. The summed E-state index contributed by atoms with van der Waals surface area (Å²) in [6, 6.07) is 29.7. The van der Waals surface area contributed by atoms with Gasteiger partial charge in [0.1, 0.15) is 24.4 Å². The van der Waals surface area contributed by atoms with E-state index in [4.69, 9.17) is 23.7 Å². The highest BCUT2D eigenvalue weighted by molar-refractivity contribution is 5.73. The Morgan fingerprint density at radius 2 is 1.33 bits per heavy atom. The van der Waals surface area contributed by atoms with E-state index < -0.39 is 30.6 Å². The molecule has 1 saturated heterocycles. The number of ether oxygens (including phenoxy) is 5. The van der Waals surface area contributed by atoms with Crippen molar-refractivity contribution in [2.45, 2.75) is 104 Å². The maximum absolute atomic E-state index is 12.7. The summed E-state index contributed by atoms with van der Waals surface area (Å²) in [5, 5.41) is 3.15. The summed E-state index contributed by atoms with van der Waals surface area (Å²) in [5.74, 6) is 1.52. The molecule has 0 unspecified atom stereocenters. The van der Waals surface area contributed by atoms with Crippen LogP contribution in [0.2, 0.25) is 0 Å². The van der Waals surface area contributed by atoms with Crippen LogP contribution < -0.4 is 5.32 Å². The number of benzene rings is 3. The molecule has 1 saturated carbocycles. The molecule has 46 heavy (non-hydrogen) atoms. The minimum absolute atomic E-state index is 0.0138. The van der Waals surface area contributed by atoms with Crippen LogP contribution >= 0.6 is 0 Å². The van der Waals surface area contributed by atoms with Gasteiger partial charge in [0, 0.05) is 6.92 Å². The maximum atomic E-state index is 12.7. The maximum Gasteiger partial charge on any atom is 0.217 e. The van der Waals surface area contributed by atoms with Crippen molar-refractivity contribution in [1.82, 2.24) is 5.32 Å². The van der Waals surface area contributed by atoms with E-state index in [9.17, 15) is 4.79 Å². The second-order valence-corrected chi connectivity index (χ2v) is 13.4. The molecule has 7 heteroatoms. The summed E-state index contributed by atoms with van der Waals surface area (Å²) < 4.78 is 33.3. The predicted octanol–water partition coefficient (Wildman–Crippen LogP) is 7.08. The highest BCUT2D eigenvalue weighted by Gasteiger charge is 2.49. The van der Waals surface area contributed by atoms with Gasteiger partial charge < -0.3 is 29.0 Å². The first kappa shape index (κ1) is 34.3. The summed E-state index contributed by atoms with van der Waals surface area (Å²) in [7, 11) is 0. The smallest absolute Gasteiger partial charge is 0.217 e. The van der Waals surface area contributed by atoms with Crippen molar-refractivity contribution in [3.8, 4) is 0 Å². The second-order valence-electron chi connectivity index (χ2n) is 13.4. The molecule has 0 aromatic heterocycles. The number of carbonyl (C=O) groups excluding carboxylic acids is 1. The average molecular weight is 630 g/mol. The molecular weight excluding hydrogens is 578 g/mol. The first-order valence-corrected chi connectivity index (χ1v) is 16.9. The van der Waals surface area contributed by atoms with Gasteiger partial charge in [-0.05, 0) is 53.7 Å². The standard InChI is InChI=1S/C39H51NO6/c1-27(2)33-20-28(3)21-34(22-33)45-39-36(40-29(4)41)38(44-25-32-18-12-7-13-19-32)37(43-24-31-16-10-6-11-17-31)35(46-39)26-42-23-30-14-8-5-9-15-30/h5-19,27-28,33-39H,20-26H2,1-4H3,(H,40,41)/t28-,33-,34-,35-,36-,37-,38-,39-/m1/s1. The summed E-state index contributed by atoms with van der Waals surface area (Å²) in [6.45, 7) is 9.85. The molecule has 0 bridgehead atoms. The quantitative estimate of drug-likeness (QED) is 0.205. The van der Waals surface area contributed by atoms with Crippen LogP contribution in [0.3, 0.4) is 0 Å². The normalized spacial score (nSPS) is 28.2. The van der Waals surface area contributed by atoms with Crippen molar-refractivity contribution in [3.63, 3.8) is 0 Å². The predicted molar refractivity (Wildman–Crippen MR) is 179 cm³/mol. The van der Waals surface area contributed by atoms with E-state index in [1.165, 1.54) is 13.3 Å². The molecular formula is C39H51NO6. The van der Waals surface area contributed by atoms with Crippen LogP contribution in [0.25, 0.3) is 0 Å². The Kier molecular flexibility index (Phi) is 12.8. The summed E-state index contributed by atoms with van der Waals surface area (Å²) in [6.07, 6.45) is 0.817. The molecule has 7 nitrogen and oxygen atoms in total. The number of amides is 1. The fourth-order valence-corrected chi connectivity index (χ4v) is 6.78. The first-order chi connectivity index (χ1) is 22.4. The highest BCUT2D eigenvalue weighted by atomic mass is 16.7. The minimum atomic E-state index is -0.727. The lowest BCUT2D eigenvalue weighted by molar-refractivity contribution is -0.303. The second kappa shape index (κ2) is 17.2. The van der Waals surface area contributed by atoms with Crippen LogP contribution in [-0.2, 0) is 48.3 Å². The van der Waals surface area contributed by atoms with Crippen LogP contribution in [0.15, 0.2) is 91.0 Å². The molecule has 0 radical (unpaired) electrons. The van der Waals surface area contributed by atoms with Crippen molar-refractivity contribution >= 4 is 5.91 Å². The molecule has 5 rings (SSSR count). The zero-order valence-electron chi connectivity index (χ0n) is 27.8. The zero-order chi connectivity index (χ0) is 32.3. The number of carbonyl (C=O) groups is 1. The van der Waals surface area contributed by atoms with Gasteiger partial charge in [0.2, 0.25) is 5.91 Å². The Morgan fingerprint density at radius 1 is 0.783 bits per heavy atom. The highest BCUT2D eigenvalue weighted by Crippen LogP contribution is 2.37. The van der Waals surface area contributed by atoms with Gasteiger partial charge in [-0.2, -0.15) is 0 Å². The Bertz CT molecular complexity index is 1310. The minimum Gasteiger partial charge on any atom is -0.374 e. The molecule has 0 spiro atoms. The van der Waals surface area contributed by atoms with E-state index in [2.05, 4.69) is 26.1 Å². The van der Waals surface area contributed by atoms with Crippen molar-refractivity contribution in [2.75, 3.05) is 6.61 Å². The molecule has 3 aromatic rings. The zero-order valence-corrected chi connectivity index (χ0v) is 27.8. The lowest BCUT2D eigenvalue weighted by atomic mass is 9.75. The van der Waals surface area contributed by atoms with Gasteiger partial charge in [-0.25, -0.2) is 0 Å². The van der Waals surface area contributed by atoms with Crippen molar-refractivity contribution in [1.29, 1.82) is 0 Å². The Labute approximate surface area is 274 Å². The first-order valence-electron chi connectivity index (χ1n) is 16.9. The van der Waals surface area contributed by atoms with Gasteiger partial charge in [-0.1, -0.05) is 112 Å². The lowest BCUT2D eigenvalue weighted by Crippen LogP contribution is -2.66. The van der Waals surface area contributed by atoms with E-state index in [1.54, 1.807) is 0 Å². The van der Waals surface area contributed by atoms with Crippen LogP contribution in [0.5, 0.6) is 0 Å². The Morgan fingerprint density at radius 3 is 1.87 bits per heavy atom. The van der Waals surface area contributed by atoms with Crippen molar-refractivity contribution in [3.05, 3.63) is 108 Å². The van der Waals surface area contributed by atoms with E-state index in [1.807, 2.05) is 91.0 Å². The van der Waals surface area contributed by atoms with E-state index in [0.29, 0.717) is 37.6 Å². The fourth-order valence-electron chi connectivity index (χ4n) is 6.78.